The first kappa shape index (κ1) is 33.1. The first-order chi connectivity index (χ1) is 21.1. The van der Waals surface area contributed by atoms with E-state index in [9.17, 15) is 44.9 Å². The quantitative estimate of drug-likeness (QED) is 0.0211. The van der Waals surface area contributed by atoms with Gasteiger partial charge in [-0.25, -0.2) is 5.26 Å². The molecule has 0 radical (unpaired) electrons. The summed E-state index contributed by atoms with van der Waals surface area (Å²) in [7, 11) is -9.72. The van der Waals surface area contributed by atoms with Crippen molar-refractivity contribution in [2.45, 2.75) is 14.7 Å². The number of aromatic hydroxyl groups is 2. The lowest BCUT2D eigenvalue weighted by atomic mass is 10.2. The molecule has 18 nitrogen and oxygen atoms in total. The molecule has 45 heavy (non-hydrogen) atoms. The van der Waals surface area contributed by atoms with Crippen molar-refractivity contribution in [3.63, 3.8) is 0 Å². The Kier molecular flexibility index (Phi) is 9.94. The van der Waals surface area contributed by atoms with Crippen molar-refractivity contribution < 1.29 is 59.6 Å². The van der Waals surface area contributed by atoms with Crippen molar-refractivity contribution in [1.29, 1.82) is 0 Å². The number of aromatic nitrogens is 2. The number of nitrogens with one attached hydrogen (secondary N) is 1. The van der Waals surface area contributed by atoms with Crippen LogP contribution >= 0.6 is 12.0 Å². The van der Waals surface area contributed by atoms with Gasteiger partial charge in [0.2, 0.25) is 5.95 Å². The Balaban J connectivity index is 1.71. The topological polar surface area (TPSA) is 275 Å². The molecule has 4 rings (SSSR count). The van der Waals surface area contributed by atoms with Gasteiger partial charge in [0, 0.05) is 28.8 Å². The molecule has 1 aromatic heterocycles. The molecule has 0 unspecified atom stereocenters. The Labute approximate surface area is 254 Å². The summed E-state index contributed by atoms with van der Waals surface area (Å²) >= 11 is 0.428. The molecule has 0 atom stereocenters. The molecule has 23 heteroatoms. The van der Waals surface area contributed by atoms with Gasteiger partial charge in [-0.15, -0.1) is 24.8 Å². The summed E-state index contributed by atoms with van der Waals surface area (Å²) in [4.78, 5) is 4.82. The number of azo groups is 2. The normalized spacial score (nSPS) is 12.3. The average Bonchev–Trinajstić information content (AvgIpc) is 2.93. The van der Waals surface area contributed by atoms with Crippen LogP contribution in [-0.4, -0.2) is 51.4 Å². The zero-order valence-electron chi connectivity index (χ0n) is 21.5. The molecule has 0 fully saturated rings. The molecule has 0 spiro atoms. The first-order valence-corrected chi connectivity index (χ1v) is 15.0. The average molecular weight is 688 g/mol. The zero-order valence-corrected chi connectivity index (χ0v) is 24.0. The molecule has 1 heterocycles. The van der Waals surface area contributed by atoms with Crippen molar-refractivity contribution in [2.24, 2.45) is 20.5 Å². The van der Waals surface area contributed by atoms with Gasteiger partial charge in [-0.05, 0) is 36.4 Å². The Morgan fingerprint density at radius 3 is 1.84 bits per heavy atom. The minimum atomic E-state index is -4.90. The molecule has 4 aromatic rings. The van der Waals surface area contributed by atoms with Gasteiger partial charge in [-0.2, -0.15) is 35.6 Å². The summed E-state index contributed by atoms with van der Waals surface area (Å²) in [6.45, 7) is 0. The van der Waals surface area contributed by atoms with Crippen molar-refractivity contribution in [3.05, 3.63) is 66.6 Å². The molecule has 0 aliphatic carbocycles. The molecule has 3 aromatic carbocycles. The fraction of sp³-hybridized carbons (Fsp3) is 0. The Hall–Kier alpha value is -4.75. The van der Waals surface area contributed by atoms with Crippen molar-refractivity contribution >= 4 is 66.5 Å². The van der Waals surface area contributed by atoms with Crippen LogP contribution in [0.15, 0.2) is 89.7 Å². The van der Waals surface area contributed by atoms with E-state index in [-0.39, 0.29) is 16.4 Å². The van der Waals surface area contributed by atoms with Crippen molar-refractivity contribution in [1.82, 2.24) is 9.97 Å². The third-order valence-corrected chi connectivity index (χ3v) is 7.53. The van der Waals surface area contributed by atoms with E-state index in [1.165, 1.54) is 0 Å². The standard InChI is InChI=1S/C22H15F2N7O11S3/c23-20-9-21(27-22(24)26-20)25-10-1-3-18(44(35,36)37)14(5-10)30-28-12-7-13(17(33)8-16(12)32)29-31-15-6-11(43-42-41-34)2-4-19(15)45(38,39)40/h1-9,32-34H,(H,25,26,27)(H,35,36,37)(H,38,39,40). The van der Waals surface area contributed by atoms with Gasteiger partial charge in [0.25, 0.3) is 20.2 Å². The molecular weight excluding hydrogens is 672 g/mol. The molecule has 0 amide bonds. The van der Waals surface area contributed by atoms with Gasteiger partial charge in [0.05, 0.1) is 12.0 Å². The largest absolute Gasteiger partial charge is 0.505 e. The van der Waals surface area contributed by atoms with E-state index in [0.29, 0.717) is 12.0 Å². The number of halogens is 2. The first-order valence-electron chi connectivity index (χ1n) is 11.4. The van der Waals surface area contributed by atoms with Crippen LogP contribution in [0.5, 0.6) is 11.5 Å². The lowest BCUT2D eigenvalue weighted by molar-refractivity contribution is -0.432. The van der Waals surface area contributed by atoms with Crippen molar-refractivity contribution in [3.8, 4) is 11.5 Å². The van der Waals surface area contributed by atoms with E-state index in [2.05, 4.69) is 45.1 Å². The summed E-state index contributed by atoms with van der Waals surface area (Å²) in [6, 6.07) is 8.50. The van der Waals surface area contributed by atoms with Crippen LogP contribution in [0.3, 0.4) is 0 Å². The highest BCUT2D eigenvalue weighted by molar-refractivity contribution is 7.94. The summed E-state index contributed by atoms with van der Waals surface area (Å²) in [6.07, 6.45) is -1.39. The fourth-order valence-electron chi connectivity index (χ4n) is 3.32. The second-order valence-corrected chi connectivity index (χ2v) is 11.7. The third kappa shape index (κ3) is 8.67. The molecule has 0 saturated carbocycles. The smallest absolute Gasteiger partial charge is 0.313 e. The highest BCUT2D eigenvalue weighted by Gasteiger charge is 2.19. The van der Waals surface area contributed by atoms with Crippen LogP contribution in [0, 0.1) is 12.0 Å². The van der Waals surface area contributed by atoms with E-state index in [4.69, 9.17) is 5.26 Å². The number of rotatable bonds is 11. The van der Waals surface area contributed by atoms with Crippen LogP contribution in [0.4, 0.5) is 43.0 Å². The lowest BCUT2D eigenvalue weighted by Gasteiger charge is -2.08. The summed E-state index contributed by atoms with van der Waals surface area (Å²) in [5.74, 6) is -2.96. The van der Waals surface area contributed by atoms with Gasteiger partial charge >= 0.3 is 6.08 Å². The Morgan fingerprint density at radius 1 is 0.733 bits per heavy atom. The maximum Gasteiger partial charge on any atom is 0.313 e. The highest BCUT2D eigenvalue weighted by atomic mass is 32.2. The van der Waals surface area contributed by atoms with Crippen molar-refractivity contribution in [2.75, 3.05) is 5.32 Å². The van der Waals surface area contributed by atoms with Crippen LogP contribution in [-0.2, 0) is 29.6 Å². The van der Waals surface area contributed by atoms with Gasteiger partial charge in [0.15, 0.2) is 0 Å². The Morgan fingerprint density at radius 2 is 1.29 bits per heavy atom. The number of phenolic OH excluding ortho intramolecular Hbond substituents is 2. The molecule has 0 saturated heterocycles. The number of benzene rings is 3. The molecule has 6 N–H and O–H groups in total. The van der Waals surface area contributed by atoms with Crippen LogP contribution in [0.1, 0.15) is 0 Å². The number of anilines is 2. The summed E-state index contributed by atoms with van der Waals surface area (Å²) in [5.41, 5.74) is -1.91. The highest BCUT2D eigenvalue weighted by Crippen LogP contribution is 2.41. The van der Waals surface area contributed by atoms with E-state index in [0.717, 1.165) is 54.6 Å². The maximum absolute atomic E-state index is 13.4. The van der Waals surface area contributed by atoms with E-state index < -0.39 is 76.3 Å². The molecule has 236 valence electrons. The van der Waals surface area contributed by atoms with Crippen LogP contribution < -0.4 is 5.32 Å². The minimum absolute atomic E-state index is 0.0238. The molecule has 0 aliphatic heterocycles. The second-order valence-electron chi connectivity index (χ2n) is 8.19. The number of hydrogen-bond donors (Lipinski definition) is 6. The predicted molar refractivity (Wildman–Crippen MR) is 147 cm³/mol. The summed E-state index contributed by atoms with van der Waals surface area (Å²) < 4.78 is 97.5. The Bertz CT molecular complexity index is 2030. The van der Waals surface area contributed by atoms with Gasteiger partial charge < -0.3 is 15.5 Å². The number of phenols is 2. The third-order valence-electron chi connectivity index (χ3n) is 5.15. The zero-order chi connectivity index (χ0) is 32.9. The van der Waals surface area contributed by atoms with Crippen LogP contribution in [0.25, 0.3) is 0 Å². The predicted octanol–water partition coefficient (Wildman–Crippen LogP) is 5.66. The maximum atomic E-state index is 13.4. The van der Waals surface area contributed by atoms with E-state index in [1.54, 1.807) is 0 Å². The SMILES string of the molecule is O=S(=O)(O)c1ccc(Nc2cc(F)nc(F)n2)cc1N=Nc1cc(N=Nc2cc(SOOO)ccc2S(=O)(=O)O)c(O)cc1O. The van der Waals surface area contributed by atoms with E-state index >= 15 is 0 Å². The molecule has 0 bridgehead atoms. The van der Waals surface area contributed by atoms with Gasteiger partial charge in [-0.1, -0.05) is 5.04 Å². The number of hydrogen-bond acceptors (Lipinski definition) is 17. The lowest BCUT2D eigenvalue weighted by Crippen LogP contribution is -2.02. The minimum Gasteiger partial charge on any atom is -0.505 e. The van der Waals surface area contributed by atoms with E-state index in [1.807, 2.05) is 0 Å². The monoisotopic (exact) mass is 687 g/mol. The van der Waals surface area contributed by atoms with Gasteiger partial charge in [-0.3, -0.25) is 9.11 Å². The van der Waals surface area contributed by atoms with Crippen LogP contribution in [0.2, 0.25) is 0 Å². The number of nitrogens with zero attached hydrogens (tertiary/aromatic N) is 6. The molecular formula is C22H15F2N7O11S3. The molecule has 0 aliphatic rings. The summed E-state index contributed by atoms with van der Waals surface area (Å²) in [5, 5.41) is 49.6. The van der Waals surface area contributed by atoms with Gasteiger partial charge in [0.1, 0.15) is 49.9 Å². The second kappa shape index (κ2) is 13.5. The fourth-order valence-corrected chi connectivity index (χ4v) is 4.92.